The minimum Gasteiger partial charge on any atom is -0.493 e. The average molecular weight is 438 g/mol. The highest BCUT2D eigenvalue weighted by molar-refractivity contribution is 5.94. The molecule has 0 aromatic heterocycles. The zero-order chi connectivity index (χ0) is 23.0. The fourth-order valence-corrected chi connectivity index (χ4v) is 2.99. The number of halogens is 3. The van der Waals surface area contributed by atoms with Gasteiger partial charge in [0.15, 0.2) is 29.0 Å². The summed E-state index contributed by atoms with van der Waals surface area (Å²) in [6, 6.07) is 6.97. The van der Waals surface area contributed by atoms with Crippen LogP contribution in [0.4, 0.5) is 18.9 Å². The van der Waals surface area contributed by atoms with Crippen molar-refractivity contribution in [1.29, 1.82) is 0 Å². The molecule has 0 unspecified atom stereocenters. The first-order valence-electron chi connectivity index (χ1n) is 9.72. The van der Waals surface area contributed by atoms with Gasteiger partial charge in [0.25, 0.3) is 0 Å². The molecule has 0 atom stereocenters. The number of amides is 2. The Morgan fingerprint density at radius 1 is 1.00 bits per heavy atom. The normalized spacial score (nSPS) is 10.5. The molecule has 0 fully saturated rings. The number of ether oxygens (including phenoxy) is 2. The van der Waals surface area contributed by atoms with Crippen molar-refractivity contribution in [2.45, 2.75) is 26.2 Å². The lowest BCUT2D eigenvalue weighted by atomic mass is 10.1. The number of hydrogen-bond donors (Lipinski definition) is 1. The van der Waals surface area contributed by atoms with Crippen molar-refractivity contribution >= 4 is 17.5 Å². The van der Waals surface area contributed by atoms with Crippen LogP contribution in [0.2, 0.25) is 0 Å². The van der Waals surface area contributed by atoms with E-state index in [0.717, 1.165) is 11.6 Å². The minimum absolute atomic E-state index is 0.141. The highest BCUT2D eigenvalue weighted by Crippen LogP contribution is 2.28. The lowest BCUT2D eigenvalue weighted by molar-refractivity contribution is -0.134. The Labute approximate surface area is 178 Å². The van der Waals surface area contributed by atoms with Crippen molar-refractivity contribution in [2.24, 2.45) is 0 Å². The van der Waals surface area contributed by atoms with Gasteiger partial charge >= 0.3 is 0 Å². The van der Waals surface area contributed by atoms with Crippen molar-refractivity contribution in [3.63, 3.8) is 0 Å². The summed E-state index contributed by atoms with van der Waals surface area (Å²) in [6.45, 7) is 1.83. The van der Waals surface area contributed by atoms with E-state index in [0.29, 0.717) is 37.0 Å². The Morgan fingerprint density at radius 2 is 1.71 bits per heavy atom. The van der Waals surface area contributed by atoms with E-state index in [1.54, 1.807) is 12.1 Å². The summed E-state index contributed by atoms with van der Waals surface area (Å²) in [5.74, 6) is -4.37. The second-order valence-corrected chi connectivity index (χ2v) is 6.78. The van der Waals surface area contributed by atoms with Crippen LogP contribution >= 0.6 is 0 Å². The molecule has 0 aliphatic heterocycles. The van der Waals surface area contributed by atoms with Gasteiger partial charge in [0.05, 0.1) is 26.5 Å². The molecule has 0 bridgehead atoms. The smallest absolute Gasteiger partial charge is 0.244 e. The lowest BCUT2D eigenvalue weighted by Crippen LogP contribution is -2.38. The molecule has 2 amide bonds. The minimum atomic E-state index is -1.67. The molecule has 0 radical (unpaired) electrons. The molecule has 2 rings (SSSR count). The van der Waals surface area contributed by atoms with Gasteiger partial charge in [-0.05, 0) is 42.7 Å². The maximum Gasteiger partial charge on any atom is 0.244 e. The quantitative estimate of drug-likeness (QED) is 0.571. The molecule has 0 heterocycles. The summed E-state index contributed by atoms with van der Waals surface area (Å²) >= 11 is 0. The first-order chi connectivity index (χ1) is 14.8. The van der Waals surface area contributed by atoms with Gasteiger partial charge in [-0.2, -0.15) is 0 Å². The number of carbonyl (C=O) groups is 2. The van der Waals surface area contributed by atoms with Gasteiger partial charge in [-0.1, -0.05) is 13.0 Å². The van der Waals surface area contributed by atoms with E-state index in [9.17, 15) is 22.8 Å². The van der Waals surface area contributed by atoms with Crippen LogP contribution in [0.3, 0.4) is 0 Å². The molecule has 0 saturated heterocycles. The zero-order valence-electron chi connectivity index (χ0n) is 17.6. The summed E-state index contributed by atoms with van der Waals surface area (Å²) in [7, 11) is 3.05. The molecule has 0 aliphatic carbocycles. The van der Waals surface area contributed by atoms with Gasteiger partial charge in [0.1, 0.15) is 0 Å². The number of carbonyl (C=O) groups excluding carboxylic acids is 2. The van der Waals surface area contributed by atoms with E-state index < -0.39 is 29.0 Å². The van der Waals surface area contributed by atoms with Crippen LogP contribution in [0.5, 0.6) is 11.5 Å². The van der Waals surface area contributed by atoms with Crippen molar-refractivity contribution < 1.29 is 32.2 Å². The fraction of sp³-hybridized carbons (Fsp3) is 0.364. The second kappa shape index (κ2) is 11.2. The molecule has 2 aromatic carbocycles. The summed E-state index contributed by atoms with van der Waals surface area (Å²) in [5.41, 5.74) is 0.369. The van der Waals surface area contributed by atoms with E-state index in [1.165, 1.54) is 19.1 Å². The van der Waals surface area contributed by atoms with Gasteiger partial charge in [0, 0.05) is 13.0 Å². The Hall–Kier alpha value is -3.23. The number of benzene rings is 2. The molecule has 168 valence electrons. The zero-order valence-corrected chi connectivity index (χ0v) is 17.6. The Balaban J connectivity index is 2.00. The average Bonchev–Trinajstić information content (AvgIpc) is 2.77. The standard InChI is InChI=1S/C22H25F3N2O4/c1-4-11-27(13-19(28)26-16-8-7-15(23)21(24)22(16)25)20(29)10-6-14-5-9-17(30-2)18(12-14)31-3/h5,7-9,12H,4,6,10-11,13H2,1-3H3,(H,26,28). The van der Waals surface area contributed by atoms with Crippen LogP contribution in [-0.4, -0.2) is 44.0 Å². The summed E-state index contributed by atoms with van der Waals surface area (Å²) in [5, 5.41) is 2.18. The summed E-state index contributed by atoms with van der Waals surface area (Å²) in [6.07, 6.45) is 1.16. The number of anilines is 1. The van der Waals surface area contributed by atoms with Crippen LogP contribution in [0, 0.1) is 17.5 Å². The number of methoxy groups -OCH3 is 2. The molecule has 1 N–H and O–H groups in total. The molecule has 0 spiro atoms. The predicted molar refractivity (Wildman–Crippen MR) is 110 cm³/mol. The molecule has 31 heavy (non-hydrogen) atoms. The van der Waals surface area contributed by atoms with Crippen molar-refractivity contribution in [1.82, 2.24) is 4.90 Å². The molecular formula is C22H25F3N2O4. The third-order valence-corrected chi connectivity index (χ3v) is 4.57. The predicted octanol–water partition coefficient (Wildman–Crippen LogP) is 3.93. The maximum absolute atomic E-state index is 13.8. The SMILES string of the molecule is CCCN(CC(=O)Nc1ccc(F)c(F)c1F)C(=O)CCc1ccc(OC)c(OC)c1. The molecule has 0 aliphatic rings. The monoisotopic (exact) mass is 438 g/mol. The van der Waals surface area contributed by atoms with E-state index >= 15 is 0 Å². The van der Waals surface area contributed by atoms with Crippen LogP contribution in [-0.2, 0) is 16.0 Å². The van der Waals surface area contributed by atoms with E-state index in [2.05, 4.69) is 5.32 Å². The Bertz CT molecular complexity index is 937. The highest BCUT2D eigenvalue weighted by Gasteiger charge is 2.19. The molecule has 2 aromatic rings. The van der Waals surface area contributed by atoms with E-state index in [1.807, 2.05) is 13.0 Å². The number of rotatable bonds is 10. The van der Waals surface area contributed by atoms with Crippen molar-refractivity contribution in [3.05, 3.63) is 53.3 Å². The third kappa shape index (κ3) is 6.37. The van der Waals surface area contributed by atoms with Gasteiger partial charge in [-0.3, -0.25) is 9.59 Å². The lowest BCUT2D eigenvalue weighted by Gasteiger charge is -2.22. The maximum atomic E-state index is 13.8. The topological polar surface area (TPSA) is 67.9 Å². The van der Waals surface area contributed by atoms with Crippen molar-refractivity contribution in [3.8, 4) is 11.5 Å². The first kappa shape index (κ1) is 24.0. The number of nitrogens with one attached hydrogen (secondary N) is 1. The molecule has 0 saturated carbocycles. The molecule has 6 nitrogen and oxygen atoms in total. The Kier molecular flexibility index (Phi) is 8.72. The largest absolute Gasteiger partial charge is 0.493 e. The van der Waals surface area contributed by atoms with Crippen LogP contribution in [0.1, 0.15) is 25.3 Å². The first-order valence-corrected chi connectivity index (χ1v) is 9.72. The molecular weight excluding hydrogens is 413 g/mol. The van der Waals surface area contributed by atoms with Crippen LogP contribution < -0.4 is 14.8 Å². The molecule has 9 heteroatoms. The third-order valence-electron chi connectivity index (χ3n) is 4.57. The Morgan fingerprint density at radius 3 is 2.35 bits per heavy atom. The van der Waals surface area contributed by atoms with Gasteiger partial charge < -0.3 is 19.7 Å². The van der Waals surface area contributed by atoms with E-state index in [4.69, 9.17) is 9.47 Å². The number of hydrogen-bond acceptors (Lipinski definition) is 4. The van der Waals surface area contributed by atoms with Gasteiger partial charge in [-0.15, -0.1) is 0 Å². The summed E-state index contributed by atoms with van der Waals surface area (Å²) in [4.78, 5) is 26.2. The van der Waals surface area contributed by atoms with Crippen LogP contribution in [0.15, 0.2) is 30.3 Å². The van der Waals surface area contributed by atoms with Crippen molar-refractivity contribution in [2.75, 3.05) is 32.6 Å². The number of aryl methyl sites for hydroxylation is 1. The highest BCUT2D eigenvalue weighted by atomic mass is 19.2. The number of nitrogens with zero attached hydrogens (tertiary/aromatic N) is 1. The van der Waals surface area contributed by atoms with Gasteiger partial charge in [0.2, 0.25) is 11.8 Å². The van der Waals surface area contributed by atoms with Gasteiger partial charge in [-0.25, -0.2) is 13.2 Å². The summed E-state index contributed by atoms with van der Waals surface area (Å²) < 4.78 is 50.6. The van der Waals surface area contributed by atoms with Crippen LogP contribution in [0.25, 0.3) is 0 Å². The second-order valence-electron chi connectivity index (χ2n) is 6.78. The van der Waals surface area contributed by atoms with E-state index in [-0.39, 0.29) is 18.9 Å². The fourth-order valence-electron chi connectivity index (χ4n) is 2.99.